The van der Waals surface area contributed by atoms with Crippen molar-refractivity contribution in [1.29, 1.82) is 0 Å². The Morgan fingerprint density at radius 1 is 1.10 bits per heavy atom. The van der Waals surface area contributed by atoms with Crippen LogP contribution in [0.25, 0.3) is 11.0 Å². The Labute approximate surface area is 126 Å². The summed E-state index contributed by atoms with van der Waals surface area (Å²) in [6.07, 6.45) is -2.72. The molecule has 0 bridgehead atoms. The summed E-state index contributed by atoms with van der Waals surface area (Å²) in [5, 5.41) is 27.5. The molecule has 6 nitrogen and oxygen atoms in total. The molecule has 0 amide bonds. The Hall–Kier alpha value is -1.38. The molecule has 0 aliphatic carbocycles. The number of para-hydroxylation sites is 1. The molecule has 0 radical (unpaired) electrons. The van der Waals surface area contributed by atoms with Crippen molar-refractivity contribution in [3.63, 3.8) is 0 Å². The third kappa shape index (κ3) is 3.84. The smallest absolute Gasteiger partial charge is 0.336 e. The molecule has 7 heteroatoms. The van der Waals surface area contributed by atoms with E-state index >= 15 is 0 Å². The topological polar surface area (TPSA) is 100 Å². The molecule has 1 aromatic carbocycles. The molecule has 2 heterocycles. The molecule has 0 saturated carbocycles. The lowest BCUT2D eigenvalue weighted by atomic mass is 10.2. The van der Waals surface area contributed by atoms with Crippen LogP contribution in [0.4, 0.5) is 0 Å². The third-order valence-corrected chi connectivity index (χ3v) is 3.47. The van der Waals surface area contributed by atoms with Crippen molar-refractivity contribution in [3.8, 4) is 0 Å². The highest BCUT2D eigenvalue weighted by molar-refractivity contribution is 7.80. The zero-order chi connectivity index (χ0) is 15.4. The first-order valence-electron chi connectivity index (χ1n) is 6.32. The molecule has 0 unspecified atom stereocenters. The maximum absolute atomic E-state index is 10.7. The average molecular weight is 312 g/mol. The molecule has 1 aromatic heterocycles. The molecule has 2 aromatic rings. The van der Waals surface area contributed by atoms with Crippen LogP contribution in [0.5, 0.6) is 0 Å². The molecule has 4 atom stereocenters. The molecule has 1 fully saturated rings. The SMILES string of the molecule is O=c1ccc2ccccc2o1.OC[C@H]1O[C@@H](S)[C@H](O)[C@H]1O. The Morgan fingerprint density at radius 2 is 1.81 bits per heavy atom. The number of aliphatic hydroxyl groups is 3. The molecule has 1 saturated heterocycles. The van der Waals surface area contributed by atoms with E-state index in [2.05, 4.69) is 12.6 Å². The quantitative estimate of drug-likeness (QED) is 0.442. The normalized spacial score (nSPS) is 28.2. The molecule has 1 aliphatic rings. The number of rotatable bonds is 1. The minimum Gasteiger partial charge on any atom is -0.423 e. The fourth-order valence-corrected chi connectivity index (χ4v) is 2.22. The van der Waals surface area contributed by atoms with Gasteiger partial charge in [0.05, 0.1) is 6.61 Å². The standard InChI is InChI=1S/C9H6O2.C5H10O4S/c10-9-6-5-7-3-1-2-4-8(7)11-9;6-1-2-3(7)4(8)5(10)9-2/h1-6H;2-8,10H,1H2/t;2-,3+,4-,5+/m.1/s1. The van der Waals surface area contributed by atoms with Gasteiger partial charge < -0.3 is 24.5 Å². The van der Waals surface area contributed by atoms with Crippen LogP contribution in [0.15, 0.2) is 45.6 Å². The van der Waals surface area contributed by atoms with E-state index in [-0.39, 0.29) is 12.2 Å². The van der Waals surface area contributed by atoms with Crippen molar-refractivity contribution in [2.24, 2.45) is 0 Å². The van der Waals surface area contributed by atoms with Gasteiger partial charge >= 0.3 is 5.63 Å². The lowest BCUT2D eigenvalue weighted by Gasteiger charge is -2.09. The molecular formula is C14H16O6S. The van der Waals surface area contributed by atoms with Crippen LogP contribution in [0.1, 0.15) is 0 Å². The largest absolute Gasteiger partial charge is 0.423 e. The highest BCUT2D eigenvalue weighted by atomic mass is 32.1. The van der Waals surface area contributed by atoms with Gasteiger partial charge in [0.2, 0.25) is 0 Å². The van der Waals surface area contributed by atoms with E-state index in [1.165, 1.54) is 6.07 Å². The summed E-state index contributed by atoms with van der Waals surface area (Å²) >= 11 is 3.82. The Morgan fingerprint density at radius 3 is 2.38 bits per heavy atom. The van der Waals surface area contributed by atoms with Crippen LogP contribution in [0.2, 0.25) is 0 Å². The summed E-state index contributed by atoms with van der Waals surface area (Å²) in [5.74, 6) is 0. The summed E-state index contributed by atoms with van der Waals surface area (Å²) < 4.78 is 9.76. The van der Waals surface area contributed by atoms with Crippen molar-refractivity contribution in [3.05, 3.63) is 46.8 Å². The van der Waals surface area contributed by atoms with Crippen molar-refractivity contribution >= 4 is 23.6 Å². The van der Waals surface area contributed by atoms with Gasteiger partial charge in [-0.25, -0.2) is 4.79 Å². The van der Waals surface area contributed by atoms with Crippen molar-refractivity contribution < 1.29 is 24.5 Å². The molecule has 114 valence electrons. The Kier molecular flexibility index (Phi) is 5.38. The van der Waals surface area contributed by atoms with Crippen LogP contribution >= 0.6 is 12.6 Å². The Balaban J connectivity index is 0.000000155. The van der Waals surface area contributed by atoms with E-state index in [0.717, 1.165) is 5.39 Å². The second kappa shape index (κ2) is 7.06. The third-order valence-electron chi connectivity index (χ3n) is 3.05. The fraction of sp³-hybridized carbons (Fsp3) is 0.357. The summed E-state index contributed by atoms with van der Waals surface area (Å²) in [5.41, 5.74) is -0.351. The van der Waals surface area contributed by atoms with Crippen molar-refractivity contribution in [1.82, 2.24) is 0 Å². The number of thiol groups is 1. The van der Waals surface area contributed by atoms with Gasteiger partial charge in [-0.05, 0) is 12.1 Å². The number of fused-ring (bicyclic) bond motifs is 1. The second-order valence-electron chi connectivity index (χ2n) is 4.52. The van der Waals surface area contributed by atoms with Crippen molar-refractivity contribution in [2.75, 3.05) is 6.61 Å². The van der Waals surface area contributed by atoms with Gasteiger partial charge in [0.1, 0.15) is 29.3 Å². The van der Waals surface area contributed by atoms with Gasteiger partial charge in [-0.2, -0.15) is 0 Å². The van der Waals surface area contributed by atoms with Gasteiger partial charge in [-0.15, -0.1) is 12.6 Å². The van der Waals surface area contributed by atoms with Crippen LogP contribution in [0.3, 0.4) is 0 Å². The summed E-state index contributed by atoms with van der Waals surface area (Å²) in [4.78, 5) is 10.7. The number of benzene rings is 1. The zero-order valence-corrected chi connectivity index (χ0v) is 11.9. The monoisotopic (exact) mass is 312 g/mol. The van der Waals surface area contributed by atoms with Crippen LogP contribution in [0, 0.1) is 0 Å². The molecule has 0 spiro atoms. The second-order valence-corrected chi connectivity index (χ2v) is 5.03. The van der Waals surface area contributed by atoms with Crippen LogP contribution in [-0.4, -0.2) is 45.7 Å². The first-order valence-corrected chi connectivity index (χ1v) is 6.84. The lowest BCUT2D eigenvalue weighted by molar-refractivity contribution is -0.00794. The van der Waals surface area contributed by atoms with Crippen LogP contribution in [-0.2, 0) is 4.74 Å². The van der Waals surface area contributed by atoms with E-state index in [4.69, 9.17) is 24.5 Å². The van der Waals surface area contributed by atoms with Crippen LogP contribution < -0.4 is 5.63 Å². The summed E-state index contributed by atoms with van der Waals surface area (Å²) in [6, 6.07) is 10.6. The molecule has 3 N–H and O–H groups in total. The minimum absolute atomic E-state index is 0.296. The minimum atomic E-state index is -1.02. The van der Waals surface area contributed by atoms with Crippen molar-refractivity contribution in [2.45, 2.75) is 23.7 Å². The zero-order valence-electron chi connectivity index (χ0n) is 11.0. The van der Waals surface area contributed by atoms with E-state index in [1.54, 1.807) is 12.1 Å². The first kappa shape index (κ1) is 16.0. The number of ether oxygens (including phenoxy) is 1. The van der Waals surface area contributed by atoms with Gasteiger partial charge in [0.15, 0.2) is 0 Å². The van der Waals surface area contributed by atoms with Gasteiger partial charge in [-0.3, -0.25) is 0 Å². The number of hydrogen-bond donors (Lipinski definition) is 4. The predicted octanol–water partition coefficient (Wildman–Crippen LogP) is 0.148. The van der Waals surface area contributed by atoms with E-state index in [0.29, 0.717) is 5.58 Å². The maximum atomic E-state index is 10.7. The van der Waals surface area contributed by atoms with E-state index < -0.39 is 23.7 Å². The molecular weight excluding hydrogens is 296 g/mol. The molecule has 21 heavy (non-hydrogen) atoms. The highest BCUT2D eigenvalue weighted by Gasteiger charge is 2.40. The number of hydrogen-bond acceptors (Lipinski definition) is 7. The van der Waals surface area contributed by atoms with Gasteiger partial charge in [0, 0.05) is 11.5 Å². The molecule has 1 aliphatic heterocycles. The molecule has 3 rings (SSSR count). The van der Waals surface area contributed by atoms with E-state index in [1.807, 2.05) is 18.2 Å². The van der Waals surface area contributed by atoms with E-state index in [9.17, 15) is 4.79 Å². The maximum Gasteiger partial charge on any atom is 0.336 e. The predicted molar refractivity (Wildman–Crippen MR) is 79.2 cm³/mol. The van der Waals surface area contributed by atoms with Gasteiger partial charge in [-0.1, -0.05) is 18.2 Å². The summed E-state index contributed by atoms with van der Waals surface area (Å²) in [7, 11) is 0. The number of aliphatic hydroxyl groups excluding tert-OH is 3. The van der Waals surface area contributed by atoms with Gasteiger partial charge in [0.25, 0.3) is 0 Å². The lowest BCUT2D eigenvalue weighted by Crippen LogP contribution is -2.32. The first-order chi connectivity index (χ1) is 10.0. The fourth-order valence-electron chi connectivity index (χ4n) is 1.89. The highest BCUT2D eigenvalue weighted by Crippen LogP contribution is 2.22. The Bertz CT molecular complexity index is 642. The average Bonchev–Trinajstić information content (AvgIpc) is 2.75. The summed E-state index contributed by atoms with van der Waals surface area (Å²) in [6.45, 7) is -0.296.